The summed E-state index contributed by atoms with van der Waals surface area (Å²) in [6, 6.07) is 3.66. The second-order valence-corrected chi connectivity index (χ2v) is 3.30. The molecule has 0 amide bonds. The predicted octanol–water partition coefficient (Wildman–Crippen LogP) is 0.997. The third kappa shape index (κ3) is 1.28. The maximum atomic E-state index is 5.81. The average molecular weight is 212 g/mol. The highest BCUT2D eigenvalue weighted by atomic mass is 15.2. The largest absolute Gasteiger partial charge is 0.383 e. The number of fused-ring (bicyclic) bond motifs is 1. The Morgan fingerprint density at radius 3 is 2.75 bits per heavy atom. The fraction of sp³-hybridized carbons (Fsp3) is 0. The van der Waals surface area contributed by atoms with Crippen molar-refractivity contribution in [2.24, 2.45) is 0 Å². The second-order valence-electron chi connectivity index (χ2n) is 3.30. The number of nitrogens with zero attached hydrogens (tertiary/aromatic N) is 4. The minimum Gasteiger partial charge on any atom is -0.383 e. The van der Waals surface area contributed by atoms with Gasteiger partial charge < -0.3 is 5.73 Å². The average Bonchev–Trinajstić information content (AvgIpc) is 2.79. The van der Waals surface area contributed by atoms with Gasteiger partial charge in [-0.2, -0.15) is 5.10 Å². The molecule has 6 heteroatoms. The third-order valence-electron chi connectivity index (χ3n) is 2.28. The number of aromatic amines is 1. The van der Waals surface area contributed by atoms with Gasteiger partial charge in [-0.15, -0.1) is 0 Å². The van der Waals surface area contributed by atoms with Gasteiger partial charge in [0.05, 0.1) is 11.6 Å². The highest BCUT2D eigenvalue weighted by molar-refractivity contribution is 5.86. The number of nitrogens with two attached hydrogens (primary N) is 1. The van der Waals surface area contributed by atoms with Crippen LogP contribution in [0.4, 0.5) is 5.82 Å². The first-order chi connectivity index (χ1) is 7.84. The van der Waals surface area contributed by atoms with E-state index in [1.165, 1.54) is 0 Å². The number of pyridine rings is 1. The summed E-state index contributed by atoms with van der Waals surface area (Å²) in [5, 5.41) is 7.38. The molecule has 0 spiro atoms. The van der Waals surface area contributed by atoms with Crippen LogP contribution in [0.25, 0.3) is 22.4 Å². The Balaban J connectivity index is 2.25. The van der Waals surface area contributed by atoms with Crippen molar-refractivity contribution in [3.05, 3.63) is 30.7 Å². The lowest BCUT2D eigenvalue weighted by Gasteiger charge is -2.01. The molecule has 3 rings (SSSR count). The second kappa shape index (κ2) is 3.27. The van der Waals surface area contributed by atoms with Crippen LogP contribution in [-0.4, -0.2) is 25.1 Å². The first-order valence-electron chi connectivity index (χ1n) is 4.71. The number of aromatic nitrogens is 5. The van der Waals surface area contributed by atoms with E-state index in [0.29, 0.717) is 17.3 Å². The molecular formula is C10H8N6. The van der Waals surface area contributed by atoms with E-state index in [1.54, 1.807) is 18.6 Å². The Bertz CT molecular complexity index is 630. The molecule has 0 saturated heterocycles. The number of hydrogen-bond acceptors (Lipinski definition) is 5. The number of H-pyrrole nitrogens is 1. The first-order valence-corrected chi connectivity index (χ1v) is 4.71. The molecule has 0 aliphatic heterocycles. The summed E-state index contributed by atoms with van der Waals surface area (Å²) in [6.45, 7) is 0. The van der Waals surface area contributed by atoms with E-state index >= 15 is 0 Å². The molecular weight excluding hydrogens is 204 g/mol. The van der Waals surface area contributed by atoms with E-state index in [9.17, 15) is 0 Å². The zero-order valence-electron chi connectivity index (χ0n) is 8.25. The Kier molecular flexibility index (Phi) is 1.79. The van der Waals surface area contributed by atoms with Crippen molar-refractivity contribution in [3.8, 4) is 11.4 Å². The quantitative estimate of drug-likeness (QED) is 0.627. The Labute approximate surface area is 90.6 Å². The van der Waals surface area contributed by atoms with Crippen LogP contribution >= 0.6 is 0 Å². The molecule has 0 fully saturated rings. The summed E-state index contributed by atoms with van der Waals surface area (Å²) in [5.41, 5.74) is 7.32. The molecule has 3 aromatic heterocycles. The van der Waals surface area contributed by atoms with Gasteiger partial charge in [-0.05, 0) is 12.1 Å². The van der Waals surface area contributed by atoms with Gasteiger partial charge in [-0.3, -0.25) is 10.1 Å². The smallest absolute Gasteiger partial charge is 0.164 e. The van der Waals surface area contributed by atoms with E-state index in [1.807, 2.05) is 12.1 Å². The molecule has 0 unspecified atom stereocenters. The molecule has 0 saturated carbocycles. The maximum Gasteiger partial charge on any atom is 0.164 e. The monoisotopic (exact) mass is 212 g/mol. The molecule has 16 heavy (non-hydrogen) atoms. The molecule has 3 N–H and O–H groups in total. The predicted molar refractivity (Wildman–Crippen MR) is 59.3 cm³/mol. The van der Waals surface area contributed by atoms with Crippen LogP contribution in [0.1, 0.15) is 0 Å². The summed E-state index contributed by atoms with van der Waals surface area (Å²) in [6.07, 6.45) is 4.99. The normalized spacial score (nSPS) is 10.8. The summed E-state index contributed by atoms with van der Waals surface area (Å²) < 4.78 is 0. The molecule has 3 heterocycles. The zero-order valence-corrected chi connectivity index (χ0v) is 8.25. The lowest BCUT2D eigenvalue weighted by molar-refractivity contribution is 1.09. The van der Waals surface area contributed by atoms with E-state index in [2.05, 4.69) is 25.1 Å². The minimum absolute atomic E-state index is 0.422. The van der Waals surface area contributed by atoms with Gasteiger partial charge >= 0.3 is 0 Å². The number of nitrogens with one attached hydrogen (secondary N) is 1. The summed E-state index contributed by atoms with van der Waals surface area (Å²) >= 11 is 0. The minimum atomic E-state index is 0.422. The Morgan fingerprint density at radius 1 is 1.12 bits per heavy atom. The SMILES string of the molecule is Nc1nc(-c2ccncc2)nc2[nH]ncc12. The topological polar surface area (TPSA) is 93.4 Å². The van der Waals surface area contributed by atoms with Gasteiger partial charge in [0.15, 0.2) is 11.5 Å². The lowest BCUT2D eigenvalue weighted by atomic mass is 10.2. The fourth-order valence-corrected chi connectivity index (χ4v) is 1.49. The van der Waals surface area contributed by atoms with Gasteiger partial charge in [0.2, 0.25) is 0 Å². The van der Waals surface area contributed by atoms with Crippen LogP contribution in [0.15, 0.2) is 30.7 Å². The molecule has 0 bridgehead atoms. The van der Waals surface area contributed by atoms with Crippen molar-refractivity contribution in [2.45, 2.75) is 0 Å². The van der Waals surface area contributed by atoms with Gasteiger partial charge in [0.1, 0.15) is 5.82 Å². The van der Waals surface area contributed by atoms with Crippen LogP contribution < -0.4 is 5.73 Å². The van der Waals surface area contributed by atoms with Gasteiger partial charge in [-0.25, -0.2) is 9.97 Å². The van der Waals surface area contributed by atoms with Gasteiger partial charge in [-0.1, -0.05) is 0 Å². The number of rotatable bonds is 1. The molecule has 3 aromatic rings. The first kappa shape index (κ1) is 8.78. The van der Waals surface area contributed by atoms with E-state index < -0.39 is 0 Å². The van der Waals surface area contributed by atoms with Crippen LogP contribution in [0.3, 0.4) is 0 Å². The Morgan fingerprint density at radius 2 is 1.94 bits per heavy atom. The molecule has 0 aromatic carbocycles. The number of nitrogen functional groups attached to an aromatic ring is 1. The Hall–Kier alpha value is -2.50. The molecule has 0 aliphatic carbocycles. The van der Waals surface area contributed by atoms with Crippen LogP contribution in [0, 0.1) is 0 Å². The number of anilines is 1. The van der Waals surface area contributed by atoms with Crippen molar-refractivity contribution in [2.75, 3.05) is 5.73 Å². The van der Waals surface area contributed by atoms with Gasteiger partial charge in [0.25, 0.3) is 0 Å². The number of hydrogen-bond donors (Lipinski definition) is 2. The summed E-state index contributed by atoms with van der Waals surface area (Å²) in [4.78, 5) is 12.5. The fourth-order valence-electron chi connectivity index (χ4n) is 1.49. The molecule has 78 valence electrons. The highest BCUT2D eigenvalue weighted by Crippen LogP contribution is 2.20. The van der Waals surface area contributed by atoms with Crippen molar-refractivity contribution in [1.29, 1.82) is 0 Å². The van der Waals surface area contributed by atoms with Crippen LogP contribution in [0.5, 0.6) is 0 Å². The maximum absolute atomic E-state index is 5.81. The molecule has 0 aliphatic rings. The molecule has 0 radical (unpaired) electrons. The van der Waals surface area contributed by atoms with E-state index in [4.69, 9.17) is 5.73 Å². The molecule has 6 nitrogen and oxygen atoms in total. The standard InChI is InChI=1S/C10H8N6/c11-8-7-5-13-16-10(7)15-9(14-8)6-1-3-12-4-2-6/h1-5H,(H3,11,13,14,15,16). The summed E-state index contributed by atoms with van der Waals surface area (Å²) in [5.74, 6) is 0.988. The lowest BCUT2D eigenvalue weighted by Crippen LogP contribution is -1.96. The van der Waals surface area contributed by atoms with E-state index in [0.717, 1.165) is 10.9 Å². The van der Waals surface area contributed by atoms with Crippen molar-refractivity contribution in [1.82, 2.24) is 25.1 Å². The summed E-state index contributed by atoms with van der Waals surface area (Å²) in [7, 11) is 0. The molecule has 0 atom stereocenters. The van der Waals surface area contributed by atoms with Crippen molar-refractivity contribution >= 4 is 16.9 Å². The van der Waals surface area contributed by atoms with Crippen molar-refractivity contribution in [3.63, 3.8) is 0 Å². The zero-order chi connectivity index (χ0) is 11.0. The van der Waals surface area contributed by atoms with Crippen LogP contribution in [-0.2, 0) is 0 Å². The van der Waals surface area contributed by atoms with Gasteiger partial charge in [0, 0.05) is 18.0 Å². The third-order valence-corrected chi connectivity index (χ3v) is 2.28. The van der Waals surface area contributed by atoms with Crippen LogP contribution in [0.2, 0.25) is 0 Å². The highest BCUT2D eigenvalue weighted by Gasteiger charge is 2.07. The van der Waals surface area contributed by atoms with Crippen molar-refractivity contribution < 1.29 is 0 Å². The van der Waals surface area contributed by atoms with E-state index in [-0.39, 0.29) is 0 Å².